The van der Waals surface area contributed by atoms with E-state index >= 15 is 0 Å². The van der Waals surface area contributed by atoms with E-state index in [1.54, 1.807) is 43.3 Å². The lowest BCUT2D eigenvalue weighted by molar-refractivity contribution is -0.113. The van der Waals surface area contributed by atoms with E-state index in [1.165, 1.54) is 12.1 Å². The van der Waals surface area contributed by atoms with E-state index < -0.39 is 16.0 Å². The molecule has 1 aliphatic rings. The third kappa shape index (κ3) is 4.57. The molecule has 1 amide bonds. The van der Waals surface area contributed by atoms with Crippen LogP contribution in [0.1, 0.15) is 12.5 Å². The maximum absolute atomic E-state index is 12.6. The smallest absolute Gasteiger partial charge is 0.339 e. The number of amides is 1. The Balaban J connectivity index is 1.99. The number of nitrogens with two attached hydrogens (primary N) is 1. The number of hydrogen-bond donors (Lipinski definition) is 1. The topological polar surface area (TPSA) is 108 Å². The molecule has 1 heterocycles. The van der Waals surface area contributed by atoms with Crippen LogP contribution in [-0.4, -0.2) is 26.1 Å². The fourth-order valence-electron chi connectivity index (χ4n) is 2.34. The fourth-order valence-corrected chi connectivity index (χ4v) is 4.64. The second-order valence-electron chi connectivity index (χ2n) is 5.48. The van der Waals surface area contributed by atoms with Gasteiger partial charge in [0.25, 0.3) is 5.91 Å². The van der Waals surface area contributed by atoms with Gasteiger partial charge in [-0.25, -0.2) is 0 Å². The Hall–Kier alpha value is -2.30. The van der Waals surface area contributed by atoms with Gasteiger partial charge in [-0.3, -0.25) is 4.79 Å². The lowest BCUT2D eigenvalue weighted by atomic mass is 10.2. The zero-order valence-corrected chi connectivity index (χ0v) is 17.8. The number of thioether (sulfide) groups is 1. The largest absolute Gasteiger partial charge is 0.490 e. The van der Waals surface area contributed by atoms with Gasteiger partial charge in [-0.2, -0.15) is 13.4 Å². The van der Waals surface area contributed by atoms with Crippen molar-refractivity contribution in [3.63, 3.8) is 0 Å². The van der Waals surface area contributed by atoms with Crippen LogP contribution in [0.4, 0.5) is 0 Å². The highest BCUT2D eigenvalue weighted by atomic mass is 79.9. The lowest BCUT2D eigenvalue weighted by Crippen LogP contribution is -2.11. The monoisotopic (exact) mass is 482 g/mol. The van der Waals surface area contributed by atoms with Crippen molar-refractivity contribution in [3.05, 3.63) is 57.4 Å². The molecule has 1 aliphatic heterocycles. The molecule has 0 saturated carbocycles. The van der Waals surface area contributed by atoms with Gasteiger partial charge in [0.1, 0.15) is 4.90 Å². The van der Waals surface area contributed by atoms with Crippen molar-refractivity contribution in [2.45, 2.75) is 11.8 Å². The molecular weight excluding hydrogens is 468 g/mol. The van der Waals surface area contributed by atoms with Gasteiger partial charge < -0.3 is 14.7 Å². The number of hydrogen-bond acceptors (Lipinski definition) is 7. The first-order valence-corrected chi connectivity index (χ1v) is 11.1. The van der Waals surface area contributed by atoms with Crippen molar-refractivity contribution < 1.29 is 22.1 Å². The van der Waals surface area contributed by atoms with Crippen LogP contribution < -0.4 is 14.7 Å². The number of benzene rings is 2. The molecule has 7 nitrogen and oxygen atoms in total. The SMILES string of the molecule is CCOc1cc(/C=C2\SC(N)=NC2=O)cc(Br)c1OS(=O)(=O)c1ccccc1. The molecule has 2 aromatic rings. The number of amidine groups is 1. The average molecular weight is 483 g/mol. The highest BCUT2D eigenvalue weighted by molar-refractivity contribution is 9.10. The lowest BCUT2D eigenvalue weighted by Gasteiger charge is -2.14. The Morgan fingerprint density at radius 2 is 1.96 bits per heavy atom. The summed E-state index contributed by atoms with van der Waals surface area (Å²) in [5.74, 6) is -0.190. The third-order valence-electron chi connectivity index (χ3n) is 3.49. The minimum atomic E-state index is -4.05. The highest BCUT2D eigenvalue weighted by Gasteiger charge is 2.23. The number of carbonyl (C=O) groups excluding carboxylic acids is 1. The van der Waals surface area contributed by atoms with Crippen molar-refractivity contribution in [1.82, 2.24) is 0 Å². The van der Waals surface area contributed by atoms with Crippen LogP contribution in [0.5, 0.6) is 11.5 Å². The highest BCUT2D eigenvalue weighted by Crippen LogP contribution is 2.40. The van der Waals surface area contributed by atoms with Crippen LogP contribution in [0.15, 0.2) is 61.7 Å². The van der Waals surface area contributed by atoms with Crippen LogP contribution in [0.2, 0.25) is 0 Å². The van der Waals surface area contributed by atoms with E-state index in [-0.39, 0.29) is 28.2 Å². The normalized spacial score (nSPS) is 15.6. The summed E-state index contributed by atoms with van der Waals surface area (Å²) in [6, 6.07) is 11.0. The predicted octanol–water partition coefficient (Wildman–Crippen LogP) is 3.54. The number of ether oxygens (including phenoxy) is 1. The van der Waals surface area contributed by atoms with Crippen molar-refractivity contribution in [1.29, 1.82) is 0 Å². The molecule has 2 aromatic carbocycles. The Morgan fingerprint density at radius 1 is 1.25 bits per heavy atom. The summed E-state index contributed by atoms with van der Waals surface area (Å²) in [4.78, 5) is 15.8. The number of carbonyl (C=O) groups is 1. The number of rotatable bonds is 6. The Bertz CT molecular complexity index is 1080. The molecule has 0 saturated heterocycles. The Kier molecular flexibility index (Phi) is 6.11. The number of aliphatic imine (C=N–C) groups is 1. The van der Waals surface area contributed by atoms with Crippen LogP contribution in [-0.2, 0) is 14.9 Å². The van der Waals surface area contributed by atoms with Crippen LogP contribution in [0.25, 0.3) is 6.08 Å². The molecule has 0 fully saturated rings. The van der Waals surface area contributed by atoms with Crippen LogP contribution in [0.3, 0.4) is 0 Å². The standard InChI is InChI=1S/C18H15BrN2O5S2/c1-2-25-14-9-11(10-15-17(22)21-18(20)27-15)8-13(19)16(14)26-28(23,24)12-6-4-3-5-7-12/h3-10H,2H2,1H3,(H2,20,21,22)/b15-10-. The van der Waals surface area contributed by atoms with Gasteiger partial charge in [0, 0.05) is 0 Å². The first-order chi connectivity index (χ1) is 13.3. The first-order valence-electron chi connectivity index (χ1n) is 8.04. The van der Waals surface area contributed by atoms with Gasteiger partial charge in [0.15, 0.2) is 16.7 Å². The molecule has 3 rings (SSSR count). The molecule has 0 spiro atoms. The summed E-state index contributed by atoms with van der Waals surface area (Å²) in [6.07, 6.45) is 1.60. The summed E-state index contributed by atoms with van der Waals surface area (Å²) >= 11 is 4.39. The van der Waals surface area contributed by atoms with E-state index in [9.17, 15) is 13.2 Å². The van der Waals surface area contributed by atoms with Crippen molar-refractivity contribution in [3.8, 4) is 11.5 Å². The molecule has 0 aromatic heterocycles. The average Bonchev–Trinajstić information content (AvgIpc) is 2.96. The molecule has 0 radical (unpaired) electrons. The second-order valence-corrected chi connectivity index (χ2v) is 8.94. The van der Waals surface area contributed by atoms with Crippen LogP contribution >= 0.6 is 27.7 Å². The zero-order valence-electron chi connectivity index (χ0n) is 14.6. The summed E-state index contributed by atoms with van der Waals surface area (Å²) < 4.78 is 36.4. The Labute approximate surface area is 174 Å². The van der Waals surface area contributed by atoms with Crippen molar-refractivity contribution in [2.75, 3.05) is 6.61 Å². The van der Waals surface area contributed by atoms with E-state index in [2.05, 4.69) is 20.9 Å². The predicted molar refractivity (Wildman–Crippen MR) is 112 cm³/mol. The van der Waals surface area contributed by atoms with Crippen molar-refractivity contribution >= 4 is 55.0 Å². The van der Waals surface area contributed by atoms with Gasteiger partial charge in [-0.15, -0.1) is 0 Å². The second kappa shape index (κ2) is 8.38. The summed E-state index contributed by atoms with van der Waals surface area (Å²) in [5, 5.41) is 0.175. The number of nitrogens with zero attached hydrogens (tertiary/aromatic N) is 1. The first kappa shape index (κ1) is 20.4. The van der Waals surface area contributed by atoms with E-state index in [4.69, 9.17) is 14.7 Å². The maximum Gasteiger partial charge on any atom is 0.339 e. The summed E-state index contributed by atoms with van der Waals surface area (Å²) in [5.41, 5.74) is 6.15. The Morgan fingerprint density at radius 3 is 2.57 bits per heavy atom. The number of halogens is 1. The molecule has 28 heavy (non-hydrogen) atoms. The molecule has 10 heteroatoms. The maximum atomic E-state index is 12.6. The molecule has 0 unspecified atom stereocenters. The minimum absolute atomic E-state index is 0.0222. The molecule has 2 N–H and O–H groups in total. The molecule has 146 valence electrons. The van der Waals surface area contributed by atoms with E-state index in [1.807, 2.05) is 0 Å². The summed E-state index contributed by atoms with van der Waals surface area (Å²) in [6.45, 7) is 2.05. The van der Waals surface area contributed by atoms with E-state index in [0.717, 1.165) is 11.8 Å². The van der Waals surface area contributed by atoms with Gasteiger partial charge in [-0.1, -0.05) is 18.2 Å². The quantitative estimate of drug-likeness (QED) is 0.495. The molecule has 0 bridgehead atoms. The molecular formula is C18H15BrN2O5S2. The van der Waals surface area contributed by atoms with Gasteiger partial charge in [0.05, 0.1) is 16.0 Å². The fraction of sp³-hybridized carbons (Fsp3) is 0.111. The van der Waals surface area contributed by atoms with Gasteiger partial charge in [0.2, 0.25) is 0 Å². The summed E-state index contributed by atoms with van der Waals surface area (Å²) in [7, 11) is -4.05. The van der Waals surface area contributed by atoms with Gasteiger partial charge in [-0.05, 0) is 70.5 Å². The third-order valence-corrected chi connectivity index (χ3v) is 6.13. The van der Waals surface area contributed by atoms with E-state index in [0.29, 0.717) is 14.9 Å². The zero-order chi connectivity index (χ0) is 20.3. The van der Waals surface area contributed by atoms with Crippen molar-refractivity contribution in [2.24, 2.45) is 10.7 Å². The van der Waals surface area contributed by atoms with Gasteiger partial charge >= 0.3 is 10.1 Å². The molecule has 0 atom stereocenters. The molecule has 0 aliphatic carbocycles. The minimum Gasteiger partial charge on any atom is -0.490 e. The van der Waals surface area contributed by atoms with Crippen LogP contribution in [0, 0.1) is 0 Å².